The molecule has 24 heavy (non-hydrogen) atoms. The van der Waals surface area contributed by atoms with Gasteiger partial charge in [0, 0.05) is 11.3 Å². The van der Waals surface area contributed by atoms with Crippen LogP contribution in [0.2, 0.25) is 0 Å². The quantitative estimate of drug-likeness (QED) is 0.775. The zero-order chi connectivity index (χ0) is 17.1. The minimum Gasteiger partial charge on any atom is -0.393 e. The van der Waals surface area contributed by atoms with Crippen molar-refractivity contribution in [1.82, 2.24) is 0 Å². The third kappa shape index (κ3) is 1.52. The standard InChI is InChI=1S/C21H32O3/c1-11(22)14-4-5-15-13-8-17(24)21-9-12(21)6-7-20(21,3)18(13)16(23)10-19(14,15)2/h12-18,23-24H,4-10H2,1-3H3/t12-,13+,14-,15+,16-,17-,18+,19-,20-,21+/m1/s1. The number of carbonyl (C=O) groups is 1. The molecular formula is C21H32O3. The molecule has 0 amide bonds. The second-order valence-electron chi connectivity index (χ2n) is 10.5. The van der Waals surface area contributed by atoms with Gasteiger partial charge in [0.15, 0.2) is 0 Å². The van der Waals surface area contributed by atoms with E-state index in [4.69, 9.17) is 0 Å². The monoisotopic (exact) mass is 332 g/mol. The van der Waals surface area contributed by atoms with Gasteiger partial charge in [0.25, 0.3) is 0 Å². The van der Waals surface area contributed by atoms with E-state index < -0.39 is 0 Å². The minimum atomic E-state index is -0.301. The molecule has 0 aromatic heterocycles. The van der Waals surface area contributed by atoms with Gasteiger partial charge in [0.2, 0.25) is 0 Å². The van der Waals surface area contributed by atoms with E-state index in [0.29, 0.717) is 29.5 Å². The van der Waals surface area contributed by atoms with Crippen molar-refractivity contribution in [3.05, 3.63) is 0 Å². The van der Waals surface area contributed by atoms with Gasteiger partial charge < -0.3 is 10.2 Å². The van der Waals surface area contributed by atoms with Crippen LogP contribution in [0.3, 0.4) is 0 Å². The Kier molecular flexibility index (Phi) is 2.94. The summed E-state index contributed by atoms with van der Waals surface area (Å²) < 4.78 is 0. The molecule has 2 N–H and O–H groups in total. The van der Waals surface area contributed by atoms with E-state index >= 15 is 0 Å². The van der Waals surface area contributed by atoms with E-state index in [9.17, 15) is 15.0 Å². The Bertz CT molecular complexity index is 602. The van der Waals surface area contributed by atoms with Crippen LogP contribution in [0, 0.1) is 45.8 Å². The van der Waals surface area contributed by atoms with E-state index in [1.54, 1.807) is 6.92 Å². The maximum absolute atomic E-state index is 12.2. The number of Topliss-reactive ketones (excluding diaryl/α,β-unsaturated/α-hetero) is 1. The van der Waals surface area contributed by atoms with Crippen molar-refractivity contribution in [3.63, 3.8) is 0 Å². The van der Waals surface area contributed by atoms with E-state index in [0.717, 1.165) is 25.7 Å². The molecule has 5 rings (SSSR count). The van der Waals surface area contributed by atoms with Gasteiger partial charge >= 0.3 is 0 Å². The zero-order valence-corrected chi connectivity index (χ0v) is 15.3. The summed E-state index contributed by atoms with van der Waals surface area (Å²) in [6.45, 7) is 6.36. The Morgan fingerprint density at radius 3 is 2.50 bits per heavy atom. The lowest BCUT2D eigenvalue weighted by Gasteiger charge is -2.61. The van der Waals surface area contributed by atoms with Crippen LogP contribution in [0.25, 0.3) is 0 Å². The first-order chi connectivity index (χ1) is 11.3. The Morgan fingerprint density at radius 1 is 1.08 bits per heavy atom. The molecule has 0 bridgehead atoms. The van der Waals surface area contributed by atoms with E-state index in [1.807, 2.05) is 0 Å². The molecule has 0 saturated heterocycles. The maximum Gasteiger partial charge on any atom is 0.133 e. The Hall–Kier alpha value is -0.410. The minimum absolute atomic E-state index is 0.0610. The van der Waals surface area contributed by atoms with Crippen LogP contribution in [0.4, 0.5) is 0 Å². The SMILES string of the molecule is CC(=O)[C@H]1CC[C@H]2[C@@H]3C[C@@H](O)[C@]45C[C@H]4CC[C@]5(C)[C@@H]3[C@H](O)C[C@]12C. The number of hydrogen-bond donors (Lipinski definition) is 2. The Morgan fingerprint density at radius 2 is 1.83 bits per heavy atom. The summed E-state index contributed by atoms with van der Waals surface area (Å²) in [6.07, 6.45) is 6.83. The summed E-state index contributed by atoms with van der Waals surface area (Å²) in [5.74, 6) is 2.34. The number of aliphatic hydroxyl groups is 2. The molecular weight excluding hydrogens is 300 g/mol. The highest BCUT2D eigenvalue weighted by Crippen LogP contribution is 2.81. The van der Waals surface area contributed by atoms with Crippen molar-refractivity contribution in [1.29, 1.82) is 0 Å². The predicted octanol–water partition coefficient (Wildman–Crippen LogP) is 3.18. The van der Waals surface area contributed by atoms with Crippen LogP contribution < -0.4 is 0 Å². The highest BCUT2D eigenvalue weighted by atomic mass is 16.3. The highest BCUT2D eigenvalue weighted by Gasteiger charge is 2.78. The van der Waals surface area contributed by atoms with E-state index in [-0.39, 0.29) is 34.4 Å². The maximum atomic E-state index is 12.2. The van der Waals surface area contributed by atoms with E-state index in [2.05, 4.69) is 13.8 Å². The molecule has 0 aliphatic heterocycles. The molecule has 3 nitrogen and oxygen atoms in total. The van der Waals surface area contributed by atoms with Gasteiger partial charge in [-0.05, 0) is 86.4 Å². The third-order valence-electron chi connectivity index (χ3n) is 10.00. The average Bonchev–Trinajstić information content (AvgIpc) is 3.02. The first-order valence-electron chi connectivity index (χ1n) is 10.1. The molecule has 1 spiro atoms. The molecule has 0 heterocycles. The summed E-state index contributed by atoms with van der Waals surface area (Å²) in [4.78, 5) is 12.2. The number of hydrogen-bond acceptors (Lipinski definition) is 3. The summed E-state index contributed by atoms with van der Waals surface area (Å²) in [7, 11) is 0. The van der Waals surface area contributed by atoms with Crippen LogP contribution in [0.5, 0.6) is 0 Å². The van der Waals surface area contributed by atoms with Gasteiger partial charge in [-0.3, -0.25) is 4.79 Å². The second kappa shape index (κ2) is 4.46. The van der Waals surface area contributed by atoms with Crippen molar-refractivity contribution in [2.45, 2.75) is 77.9 Å². The lowest BCUT2D eigenvalue weighted by molar-refractivity contribution is -0.193. The van der Waals surface area contributed by atoms with Gasteiger partial charge in [-0.25, -0.2) is 0 Å². The van der Waals surface area contributed by atoms with Gasteiger partial charge in [-0.15, -0.1) is 0 Å². The molecule has 5 saturated carbocycles. The second-order valence-corrected chi connectivity index (χ2v) is 10.5. The van der Waals surface area contributed by atoms with Gasteiger partial charge in [0.05, 0.1) is 12.2 Å². The molecule has 0 aromatic carbocycles. The van der Waals surface area contributed by atoms with Gasteiger partial charge in [-0.1, -0.05) is 13.8 Å². The summed E-state index contributed by atoms with van der Waals surface area (Å²) in [5.41, 5.74) is 0.158. The largest absolute Gasteiger partial charge is 0.393 e. The predicted molar refractivity (Wildman–Crippen MR) is 91.1 cm³/mol. The summed E-state index contributed by atoms with van der Waals surface area (Å²) >= 11 is 0. The van der Waals surface area contributed by atoms with Gasteiger partial charge in [0.1, 0.15) is 5.78 Å². The lowest BCUT2D eigenvalue weighted by atomic mass is 9.44. The van der Waals surface area contributed by atoms with Crippen LogP contribution in [0.15, 0.2) is 0 Å². The number of fused-ring (bicyclic) bond motifs is 4. The molecule has 3 heteroatoms. The number of aliphatic hydroxyl groups excluding tert-OH is 2. The number of rotatable bonds is 1. The summed E-state index contributed by atoms with van der Waals surface area (Å²) in [5, 5.41) is 22.4. The van der Waals surface area contributed by atoms with E-state index in [1.165, 1.54) is 19.3 Å². The Balaban J connectivity index is 1.56. The van der Waals surface area contributed by atoms with Crippen LogP contribution in [0.1, 0.15) is 65.7 Å². The topological polar surface area (TPSA) is 57.5 Å². The first kappa shape index (κ1) is 15.8. The van der Waals surface area contributed by atoms with Crippen molar-refractivity contribution in [2.75, 3.05) is 0 Å². The molecule has 0 unspecified atom stereocenters. The fourth-order valence-corrected chi connectivity index (χ4v) is 9.10. The van der Waals surface area contributed by atoms with Crippen LogP contribution in [-0.4, -0.2) is 28.2 Å². The van der Waals surface area contributed by atoms with Crippen molar-refractivity contribution in [3.8, 4) is 0 Å². The van der Waals surface area contributed by atoms with Crippen molar-refractivity contribution < 1.29 is 15.0 Å². The number of carbonyl (C=O) groups excluding carboxylic acids is 1. The molecule has 5 fully saturated rings. The highest BCUT2D eigenvalue weighted by molar-refractivity contribution is 5.79. The Labute approximate surface area is 145 Å². The molecule has 134 valence electrons. The summed E-state index contributed by atoms with van der Waals surface area (Å²) in [6, 6.07) is 0. The lowest BCUT2D eigenvalue weighted by Crippen LogP contribution is -2.61. The molecule has 5 aliphatic carbocycles. The molecule has 10 atom stereocenters. The van der Waals surface area contributed by atoms with Crippen LogP contribution in [-0.2, 0) is 4.79 Å². The van der Waals surface area contributed by atoms with Gasteiger partial charge in [-0.2, -0.15) is 0 Å². The fourth-order valence-electron chi connectivity index (χ4n) is 9.10. The third-order valence-corrected chi connectivity index (χ3v) is 10.00. The average molecular weight is 332 g/mol. The molecule has 0 radical (unpaired) electrons. The smallest absolute Gasteiger partial charge is 0.133 e. The zero-order valence-electron chi connectivity index (χ0n) is 15.3. The normalized spacial score (nSPS) is 64.0. The van der Waals surface area contributed by atoms with Crippen molar-refractivity contribution >= 4 is 5.78 Å². The molecule has 0 aromatic rings. The fraction of sp³-hybridized carbons (Fsp3) is 0.952. The molecule has 5 aliphatic rings. The van der Waals surface area contributed by atoms with Crippen LogP contribution >= 0.6 is 0 Å². The van der Waals surface area contributed by atoms with Crippen molar-refractivity contribution in [2.24, 2.45) is 45.8 Å². The first-order valence-corrected chi connectivity index (χ1v) is 10.1. The number of ketones is 1.